The molecule has 0 radical (unpaired) electrons. The molecule has 0 saturated carbocycles. The van der Waals surface area contributed by atoms with E-state index in [1.165, 1.54) is 24.7 Å². The first-order valence-electron chi connectivity index (χ1n) is 7.84. The topological polar surface area (TPSA) is 66.5 Å². The summed E-state index contributed by atoms with van der Waals surface area (Å²) in [7, 11) is -2.31. The van der Waals surface area contributed by atoms with Crippen LogP contribution in [-0.4, -0.2) is 38.8 Å². The van der Waals surface area contributed by atoms with Gasteiger partial charge < -0.3 is 5.32 Å². The van der Waals surface area contributed by atoms with E-state index in [2.05, 4.69) is 24.4 Å². The van der Waals surface area contributed by atoms with Crippen LogP contribution in [0.15, 0.2) is 46.7 Å². The van der Waals surface area contributed by atoms with Crippen molar-refractivity contribution in [2.45, 2.75) is 23.5 Å². The summed E-state index contributed by atoms with van der Waals surface area (Å²) >= 11 is 6.76. The Morgan fingerprint density at radius 2 is 1.92 bits per heavy atom. The molecule has 1 unspecified atom stereocenters. The fourth-order valence-corrected chi connectivity index (χ4v) is 5.13. The lowest BCUT2D eigenvalue weighted by molar-refractivity contribution is -0.121. The second-order valence-corrected chi connectivity index (χ2v) is 9.76. The largest absolute Gasteiger partial charge is 0.355 e. The number of hydrogen-bond donors (Lipinski definition) is 1. The van der Waals surface area contributed by atoms with E-state index in [-0.39, 0.29) is 16.7 Å². The predicted octanol–water partition coefficient (Wildman–Crippen LogP) is 3.33. The first-order valence-corrected chi connectivity index (χ1v) is 10.5. The number of nitrogens with one attached hydrogen (secondary N) is 1. The number of carbonyl (C=O) groups excluding carboxylic acids is 1. The number of carbonyl (C=O) groups is 1. The molecule has 2 rings (SSSR count). The van der Waals surface area contributed by atoms with Crippen LogP contribution in [0.25, 0.3) is 0 Å². The fraction of sp³-hybridized carbons (Fsp3) is 0.353. The van der Waals surface area contributed by atoms with Crippen molar-refractivity contribution < 1.29 is 13.2 Å². The number of rotatable bonds is 8. The number of nitrogens with zero attached hydrogens (tertiary/aromatic N) is 1. The Hall–Kier alpha value is -1.41. The standard InChI is InChI=1S/C17H21ClN2O3S2/c1-13(14-6-4-3-5-7-14)10-11-19-16(21)12-20(2)25(22,23)17-9-8-15(18)24-17/h3-9,13H,10-12H2,1-2H3,(H,19,21). The summed E-state index contributed by atoms with van der Waals surface area (Å²) in [4.78, 5) is 12.0. The average molecular weight is 401 g/mol. The molecule has 0 fully saturated rings. The van der Waals surface area contributed by atoms with Gasteiger partial charge in [0.15, 0.2) is 0 Å². The summed E-state index contributed by atoms with van der Waals surface area (Å²) in [5.41, 5.74) is 1.21. The minimum absolute atomic E-state index is 0.130. The second-order valence-electron chi connectivity index (χ2n) is 5.77. The fourth-order valence-electron chi connectivity index (χ4n) is 2.31. The molecule has 1 heterocycles. The van der Waals surface area contributed by atoms with Gasteiger partial charge in [0, 0.05) is 13.6 Å². The van der Waals surface area contributed by atoms with E-state index in [4.69, 9.17) is 11.6 Å². The van der Waals surface area contributed by atoms with Crippen LogP contribution in [-0.2, 0) is 14.8 Å². The van der Waals surface area contributed by atoms with Crippen LogP contribution in [0.2, 0.25) is 4.34 Å². The van der Waals surface area contributed by atoms with Crippen molar-refractivity contribution in [1.82, 2.24) is 9.62 Å². The van der Waals surface area contributed by atoms with Crippen LogP contribution >= 0.6 is 22.9 Å². The highest BCUT2D eigenvalue weighted by Crippen LogP contribution is 2.27. The van der Waals surface area contributed by atoms with Crippen LogP contribution in [0, 0.1) is 0 Å². The average Bonchev–Trinajstić information content (AvgIpc) is 3.02. The van der Waals surface area contributed by atoms with Gasteiger partial charge in [0.05, 0.1) is 10.9 Å². The van der Waals surface area contributed by atoms with Gasteiger partial charge in [0.25, 0.3) is 10.0 Å². The summed E-state index contributed by atoms with van der Waals surface area (Å²) in [5, 5.41) is 2.78. The maximum atomic E-state index is 12.3. The molecule has 0 bridgehead atoms. The lowest BCUT2D eigenvalue weighted by Crippen LogP contribution is -2.38. The normalized spacial score (nSPS) is 13.0. The van der Waals surface area contributed by atoms with Crippen LogP contribution < -0.4 is 5.32 Å². The highest BCUT2D eigenvalue weighted by molar-refractivity contribution is 7.91. The van der Waals surface area contributed by atoms with Crippen molar-refractivity contribution in [1.29, 1.82) is 0 Å². The van der Waals surface area contributed by atoms with Crippen molar-refractivity contribution in [3.05, 3.63) is 52.4 Å². The molecule has 25 heavy (non-hydrogen) atoms. The summed E-state index contributed by atoms with van der Waals surface area (Å²) in [6, 6.07) is 13.0. The highest BCUT2D eigenvalue weighted by Gasteiger charge is 2.24. The van der Waals surface area contributed by atoms with Gasteiger partial charge in [-0.25, -0.2) is 8.42 Å². The molecule has 5 nitrogen and oxygen atoms in total. The second kappa shape index (κ2) is 8.80. The lowest BCUT2D eigenvalue weighted by atomic mass is 9.98. The molecular weight excluding hydrogens is 380 g/mol. The monoisotopic (exact) mass is 400 g/mol. The third-order valence-corrected chi connectivity index (χ3v) is 7.35. The van der Waals surface area contributed by atoms with Gasteiger partial charge in [-0.1, -0.05) is 48.9 Å². The van der Waals surface area contributed by atoms with Crippen LogP contribution in [0.4, 0.5) is 0 Å². The maximum Gasteiger partial charge on any atom is 0.252 e. The zero-order valence-corrected chi connectivity index (χ0v) is 16.5. The maximum absolute atomic E-state index is 12.3. The van der Waals surface area contributed by atoms with E-state index in [1.807, 2.05) is 18.2 Å². The number of likely N-dealkylation sites (N-methyl/N-ethyl adjacent to an activating group) is 1. The van der Waals surface area contributed by atoms with Gasteiger partial charge in [-0.3, -0.25) is 4.79 Å². The SMILES string of the molecule is CC(CCNC(=O)CN(C)S(=O)(=O)c1ccc(Cl)s1)c1ccccc1. The number of sulfonamides is 1. The highest BCUT2D eigenvalue weighted by atomic mass is 35.5. The Morgan fingerprint density at radius 3 is 2.52 bits per heavy atom. The molecule has 8 heteroatoms. The molecule has 0 saturated heterocycles. The predicted molar refractivity (Wildman–Crippen MR) is 102 cm³/mol. The third kappa shape index (κ3) is 5.54. The van der Waals surface area contributed by atoms with Crippen LogP contribution in [0.5, 0.6) is 0 Å². The van der Waals surface area contributed by atoms with Gasteiger partial charge in [0.2, 0.25) is 5.91 Å². The Balaban J connectivity index is 1.82. The Labute approximate surface area is 157 Å². The summed E-state index contributed by atoms with van der Waals surface area (Å²) in [5.74, 6) is -0.00906. The van der Waals surface area contributed by atoms with E-state index < -0.39 is 10.0 Å². The van der Waals surface area contributed by atoms with E-state index >= 15 is 0 Å². The van der Waals surface area contributed by atoms with Crippen LogP contribution in [0.3, 0.4) is 0 Å². The number of benzene rings is 1. The number of amides is 1. The van der Waals surface area contributed by atoms with Crippen molar-refractivity contribution in [2.24, 2.45) is 0 Å². The molecule has 0 aliphatic rings. The first kappa shape index (κ1) is 19.9. The van der Waals surface area contributed by atoms with E-state index in [0.29, 0.717) is 16.8 Å². The molecule has 1 aromatic heterocycles. The Kier molecular flexibility index (Phi) is 7.01. The Morgan fingerprint density at radius 1 is 1.24 bits per heavy atom. The zero-order valence-electron chi connectivity index (χ0n) is 14.1. The number of halogens is 1. The van der Waals surface area contributed by atoms with Crippen LogP contribution in [0.1, 0.15) is 24.8 Å². The molecular formula is C17H21ClN2O3S2. The number of hydrogen-bond acceptors (Lipinski definition) is 4. The molecule has 0 spiro atoms. The minimum atomic E-state index is -3.69. The molecule has 0 aliphatic heterocycles. The Bertz CT molecular complexity index is 806. The van der Waals surface area contributed by atoms with E-state index in [0.717, 1.165) is 22.1 Å². The smallest absolute Gasteiger partial charge is 0.252 e. The van der Waals surface area contributed by atoms with Crippen molar-refractivity contribution in [3.63, 3.8) is 0 Å². The quantitative estimate of drug-likeness (QED) is 0.739. The third-order valence-electron chi connectivity index (χ3n) is 3.85. The van der Waals surface area contributed by atoms with Crippen molar-refractivity contribution in [3.8, 4) is 0 Å². The zero-order chi connectivity index (χ0) is 18.4. The van der Waals surface area contributed by atoms with E-state index in [1.54, 1.807) is 0 Å². The molecule has 1 amide bonds. The van der Waals surface area contributed by atoms with E-state index in [9.17, 15) is 13.2 Å². The molecule has 136 valence electrons. The lowest BCUT2D eigenvalue weighted by Gasteiger charge is -2.16. The molecule has 2 aromatic rings. The summed E-state index contributed by atoms with van der Waals surface area (Å²) < 4.78 is 26.2. The van der Waals surface area contributed by atoms with Gasteiger partial charge in [0.1, 0.15) is 4.21 Å². The number of thiophene rings is 1. The molecule has 1 atom stereocenters. The van der Waals surface area contributed by atoms with Gasteiger partial charge >= 0.3 is 0 Å². The summed E-state index contributed by atoms with van der Waals surface area (Å²) in [6.07, 6.45) is 0.784. The first-order chi connectivity index (χ1) is 11.8. The van der Waals surface area contributed by atoms with Crippen molar-refractivity contribution in [2.75, 3.05) is 20.1 Å². The molecule has 1 aromatic carbocycles. The molecule has 0 aliphatic carbocycles. The van der Waals surface area contributed by atoms with Gasteiger partial charge in [-0.15, -0.1) is 11.3 Å². The minimum Gasteiger partial charge on any atom is -0.355 e. The van der Waals surface area contributed by atoms with Gasteiger partial charge in [-0.2, -0.15) is 4.31 Å². The van der Waals surface area contributed by atoms with Gasteiger partial charge in [-0.05, 0) is 30.0 Å². The summed E-state index contributed by atoms with van der Waals surface area (Å²) in [6.45, 7) is 2.36. The molecule has 1 N–H and O–H groups in total. The van der Waals surface area contributed by atoms with Crippen molar-refractivity contribution >= 4 is 38.9 Å².